The Morgan fingerprint density at radius 3 is 3.15 bits per heavy atom. The van der Waals surface area contributed by atoms with Gasteiger partial charge in [-0.15, -0.1) is 6.58 Å². The third kappa shape index (κ3) is 2.26. The van der Waals surface area contributed by atoms with E-state index in [0.29, 0.717) is 6.54 Å². The first-order chi connectivity index (χ1) is 6.25. The Morgan fingerprint density at radius 1 is 1.77 bits per heavy atom. The molecule has 1 heterocycles. The number of nitrogen functional groups attached to an aromatic ring is 1. The summed E-state index contributed by atoms with van der Waals surface area (Å²) < 4.78 is 0. The van der Waals surface area contributed by atoms with Gasteiger partial charge in [-0.25, -0.2) is 9.97 Å². The number of rotatable bonds is 3. The fourth-order valence-corrected chi connectivity index (χ4v) is 0.774. The van der Waals surface area contributed by atoms with E-state index in [2.05, 4.69) is 21.9 Å². The number of aromatic nitrogens is 2. The number of carbonyl (C=O) groups excluding carboxylic acids is 1. The number of nitrogens with two attached hydrogens (primary N) is 1. The number of hydrogen-bond donors (Lipinski definition) is 2. The summed E-state index contributed by atoms with van der Waals surface area (Å²) in [6, 6.07) is 0. The van der Waals surface area contributed by atoms with Gasteiger partial charge in [-0.1, -0.05) is 6.08 Å². The molecule has 1 aromatic rings. The molecule has 1 aromatic heterocycles. The van der Waals surface area contributed by atoms with Crippen LogP contribution in [0.3, 0.4) is 0 Å². The molecule has 68 valence electrons. The van der Waals surface area contributed by atoms with Crippen LogP contribution in [0.25, 0.3) is 0 Å². The second kappa shape index (κ2) is 4.20. The number of amides is 1. The average Bonchev–Trinajstić information content (AvgIpc) is 2.15. The van der Waals surface area contributed by atoms with E-state index in [1.165, 1.54) is 12.5 Å². The van der Waals surface area contributed by atoms with Gasteiger partial charge in [0.2, 0.25) is 0 Å². The van der Waals surface area contributed by atoms with Crippen molar-refractivity contribution in [2.45, 2.75) is 0 Å². The topological polar surface area (TPSA) is 80.9 Å². The lowest BCUT2D eigenvalue weighted by molar-refractivity contribution is 0.0958. The van der Waals surface area contributed by atoms with Crippen molar-refractivity contribution in [3.8, 4) is 0 Å². The van der Waals surface area contributed by atoms with Gasteiger partial charge in [-0.2, -0.15) is 0 Å². The van der Waals surface area contributed by atoms with Crippen LogP contribution in [0.5, 0.6) is 0 Å². The molecule has 0 aliphatic heterocycles. The molecule has 3 N–H and O–H groups in total. The van der Waals surface area contributed by atoms with Gasteiger partial charge in [0.15, 0.2) is 0 Å². The van der Waals surface area contributed by atoms with Gasteiger partial charge < -0.3 is 11.1 Å². The van der Waals surface area contributed by atoms with E-state index in [0.717, 1.165) is 0 Å². The number of anilines is 1. The van der Waals surface area contributed by atoms with E-state index in [9.17, 15) is 4.79 Å². The van der Waals surface area contributed by atoms with Crippen molar-refractivity contribution in [3.63, 3.8) is 0 Å². The van der Waals surface area contributed by atoms with Crippen molar-refractivity contribution in [1.29, 1.82) is 0 Å². The molecule has 13 heavy (non-hydrogen) atoms. The van der Waals surface area contributed by atoms with Gasteiger partial charge >= 0.3 is 0 Å². The molecule has 1 amide bonds. The summed E-state index contributed by atoms with van der Waals surface area (Å²) in [5, 5.41) is 2.57. The Kier molecular flexibility index (Phi) is 2.97. The van der Waals surface area contributed by atoms with E-state index >= 15 is 0 Å². The van der Waals surface area contributed by atoms with Crippen LogP contribution >= 0.6 is 0 Å². The largest absolute Gasteiger partial charge is 0.383 e. The van der Waals surface area contributed by atoms with Crippen LogP contribution in [0.2, 0.25) is 0 Å². The van der Waals surface area contributed by atoms with Crippen LogP contribution in [0.4, 0.5) is 5.82 Å². The molecule has 0 aromatic carbocycles. The molecule has 0 fully saturated rings. The predicted octanol–water partition coefficient (Wildman–Crippen LogP) is -0.0254. The van der Waals surface area contributed by atoms with Gasteiger partial charge in [-0.3, -0.25) is 4.79 Å². The van der Waals surface area contributed by atoms with Gasteiger partial charge in [0, 0.05) is 12.7 Å². The zero-order valence-corrected chi connectivity index (χ0v) is 7.03. The lowest BCUT2D eigenvalue weighted by Gasteiger charge is -2.02. The van der Waals surface area contributed by atoms with E-state index in [4.69, 9.17) is 5.73 Å². The maximum absolute atomic E-state index is 11.3. The molecular weight excluding hydrogens is 168 g/mol. The van der Waals surface area contributed by atoms with E-state index in [1.807, 2.05) is 0 Å². The van der Waals surface area contributed by atoms with Crippen molar-refractivity contribution in [2.24, 2.45) is 0 Å². The minimum Gasteiger partial charge on any atom is -0.383 e. The summed E-state index contributed by atoms with van der Waals surface area (Å²) in [6.07, 6.45) is 4.25. The molecule has 0 spiro atoms. The van der Waals surface area contributed by atoms with E-state index in [-0.39, 0.29) is 17.3 Å². The zero-order valence-electron chi connectivity index (χ0n) is 7.03. The fourth-order valence-electron chi connectivity index (χ4n) is 0.774. The zero-order chi connectivity index (χ0) is 9.68. The highest BCUT2D eigenvalue weighted by Gasteiger charge is 2.08. The number of carbonyl (C=O) groups is 1. The first-order valence-corrected chi connectivity index (χ1v) is 3.70. The maximum atomic E-state index is 11.3. The number of nitrogens with one attached hydrogen (secondary N) is 1. The second-order valence-electron chi connectivity index (χ2n) is 2.32. The Balaban J connectivity index is 2.76. The van der Waals surface area contributed by atoms with Gasteiger partial charge in [0.05, 0.1) is 5.56 Å². The van der Waals surface area contributed by atoms with Crippen molar-refractivity contribution in [3.05, 3.63) is 30.7 Å². The fraction of sp³-hybridized carbons (Fsp3) is 0.125. The first-order valence-electron chi connectivity index (χ1n) is 3.70. The molecule has 0 saturated carbocycles. The molecule has 0 atom stereocenters. The lowest BCUT2D eigenvalue weighted by Crippen LogP contribution is -2.24. The maximum Gasteiger partial charge on any atom is 0.256 e. The minimum atomic E-state index is -0.294. The number of nitrogens with zero attached hydrogens (tertiary/aromatic N) is 2. The summed E-state index contributed by atoms with van der Waals surface area (Å²) >= 11 is 0. The van der Waals surface area contributed by atoms with E-state index < -0.39 is 0 Å². The second-order valence-corrected chi connectivity index (χ2v) is 2.32. The quantitative estimate of drug-likeness (QED) is 0.637. The van der Waals surface area contributed by atoms with Crippen LogP contribution in [0, 0.1) is 0 Å². The molecule has 0 aliphatic carbocycles. The highest BCUT2D eigenvalue weighted by atomic mass is 16.1. The summed E-state index contributed by atoms with van der Waals surface area (Å²) in [6.45, 7) is 3.87. The molecule has 1 rings (SSSR count). The van der Waals surface area contributed by atoms with E-state index in [1.54, 1.807) is 6.08 Å². The summed E-state index contributed by atoms with van der Waals surface area (Å²) in [5.41, 5.74) is 5.74. The molecule has 5 nitrogen and oxygen atoms in total. The average molecular weight is 178 g/mol. The van der Waals surface area contributed by atoms with Gasteiger partial charge in [0.1, 0.15) is 12.1 Å². The SMILES string of the molecule is C=CCNC(=O)c1cncnc1N. The van der Waals surface area contributed by atoms with Crippen LogP contribution in [-0.4, -0.2) is 22.4 Å². The normalized spacial score (nSPS) is 9.23. The van der Waals surface area contributed by atoms with Crippen molar-refractivity contribution >= 4 is 11.7 Å². The van der Waals surface area contributed by atoms with Crippen LogP contribution in [-0.2, 0) is 0 Å². The van der Waals surface area contributed by atoms with Crippen molar-refractivity contribution < 1.29 is 4.79 Å². The molecule has 0 bridgehead atoms. The molecule has 0 saturated heterocycles. The summed E-state index contributed by atoms with van der Waals surface area (Å²) in [5.74, 6) is -0.116. The highest BCUT2D eigenvalue weighted by Crippen LogP contribution is 2.03. The standard InChI is InChI=1S/C8H10N4O/c1-2-3-11-8(13)6-4-10-5-12-7(6)9/h2,4-5H,1,3H2,(H,11,13)(H2,9,10,12). The molecule has 0 radical (unpaired) electrons. The predicted molar refractivity (Wildman–Crippen MR) is 49.0 cm³/mol. The summed E-state index contributed by atoms with van der Waals surface area (Å²) in [7, 11) is 0. The molecule has 5 heteroatoms. The third-order valence-corrected chi connectivity index (χ3v) is 1.39. The smallest absolute Gasteiger partial charge is 0.256 e. The Bertz CT molecular complexity index is 324. The minimum absolute atomic E-state index is 0.177. The Hall–Kier alpha value is -1.91. The van der Waals surface area contributed by atoms with Gasteiger partial charge in [-0.05, 0) is 0 Å². The summed E-state index contributed by atoms with van der Waals surface area (Å²) in [4.78, 5) is 18.7. The highest BCUT2D eigenvalue weighted by molar-refractivity contribution is 5.97. The monoisotopic (exact) mass is 178 g/mol. The van der Waals surface area contributed by atoms with Crippen LogP contribution in [0.15, 0.2) is 25.2 Å². The van der Waals surface area contributed by atoms with Crippen molar-refractivity contribution in [2.75, 3.05) is 12.3 Å². The molecule has 0 unspecified atom stereocenters. The Morgan fingerprint density at radius 2 is 2.54 bits per heavy atom. The third-order valence-electron chi connectivity index (χ3n) is 1.39. The lowest BCUT2D eigenvalue weighted by atomic mass is 10.3. The first kappa shape index (κ1) is 9.18. The van der Waals surface area contributed by atoms with Crippen LogP contribution in [0.1, 0.15) is 10.4 Å². The molecule has 0 aliphatic rings. The Labute approximate surface area is 75.7 Å². The molecular formula is C8H10N4O. The van der Waals surface area contributed by atoms with Crippen molar-refractivity contribution in [1.82, 2.24) is 15.3 Å². The number of hydrogen-bond acceptors (Lipinski definition) is 4. The van der Waals surface area contributed by atoms with Gasteiger partial charge in [0.25, 0.3) is 5.91 Å². The van der Waals surface area contributed by atoms with Crippen LogP contribution < -0.4 is 11.1 Å².